The number of alkyl carbamates (subject to hydrolysis) is 1. The number of ether oxygens (including phenoxy) is 1. The monoisotopic (exact) mass is 310 g/mol. The van der Waals surface area contributed by atoms with Crippen molar-refractivity contribution in [1.82, 2.24) is 16.0 Å². The Kier molecular flexibility index (Phi) is 8.68. The lowest BCUT2D eigenvalue weighted by Gasteiger charge is -2.19. The first-order valence-electron chi connectivity index (χ1n) is 7.31. The van der Waals surface area contributed by atoms with Crippen LogP contribution in [0, 0.1) is 11.3 Å². The number of hydrogen-bond donors (Lipinski definition) is 3. The van der Waals surface area contributed by atoms with Crippen LogP contribution < -0.4 is 16.0 Å². The Labute approximate surface area is 132 Å². The molecule has 0 spiro atoms. The highest BCUT2D eigenvalue weighted by Gasteiger charge is 2.15. The molecule has 2 amide bonds. The highest BCUT2D eigenvalue weighted by Crippen LogP contribution is 2.05. The van der Waals surface area contributed by atoms with E-state index in [0.717, 1.165) is 6.42 Å². The van der Waals surface area contributed by atoms with Crippen molar-refractivity contribution in [3.8, 4) is 6.07 Å². The molecule has 0 aromatic heterocycles. The molecular formula is C15H26N4O3. The van der Waals surface area contributed by atoms with Crippen molar-refractivity contribution in [3.63, 3.8) is 0 Å². The second-order valence-electron chi connectivity index (χ2n) is 5.84. The summed E-state index contributed by atoms with van der Waals surface area (Å²) in [4.78, 5) is 23.1. The van der Waals surface area contributed by atoms with Gasteiger partial charge in [0.05, 0.1) is 0 Å². The summed E-state index contributed by atoms with van der Waals surface area (Å²) in [5.74, 6) is -0.413. The van der Waals surface area contributed by atoms with Gasteiger partial charge in [-0.3, -0.25) is 4.79 Å². The molecule has 22 heavy (non-hydrogen) atoms. The van der Waals surface area contributed by atoms with E-state index in [1.807, 2.05) is 19.9 Å². The topological polar surface area (TPSA) is 103 Å². The van der Waals surface area contributed by atoms with E-state index in [9.17, 15) is 9.59 Å². The van der Waals surface area contributed by atoms with Gasteiger partial charge in [0.15, 0.2) is 0 Å². The number of carbonyl (C=O) groups is 2. The molecule has 7 nitrogen and oxygen atoms in total. The van der Waals surface area contributed by atoms with Gasteiger partial charge in [0.25, 0.3) is 5.91 Å². The molecule has 0 aromatic rings. The molecule has 1 unspecified atom stereocenters. The average molecular weight is 310 g/mol. The Hall–Kier alpha value is -2.23. The largest absolute Gasteiger partial charge is 0.444 e. The number of amides is 2. The SMILES string of the molecule is CCC(C)NC(=O)/C(C#N)=C\NCCNC(=O)OC(C)(C)C. The Morgan fingerprint density at radius 3 is 2.45 bits per heavy atom. The number of nitrogens with zero attached hydrogens (tertiary/aromatic N) is 1. The minimum Gasteiger partial charge on any atom is -0.444 e. The minimum atomic E-state index is -0.542. The van der Waals surface area contributed by atoms with E-state index in [4.69, 9.17) is 10.00 Å². The highest BCUT2D eigenvalue weighted by atomic mass is 16.6. The van der Waals surface area contributed by atoms with E-state index >= 15 is 0 Å². The fourth-order valence-corrected chi connectivity index (χ4v) is 1.28. The van der Waals surface area contributed by atoms with Crippen molar-refractivity contribution in [1.29, 1.82) is 5.26 Å². The van der Waals surface area contributed by atoms with Crippen LogP contribution in [0.4, 0.5) is 4.79 Å². The van der Waals surface area contributed by atoms with Crippen molar-refractivity contribution >= 4 is 12.0 Å². The van der Waals surface area contributed by atoms with Gasteiger partial charge in [-0.25, -0.2) is 4.79 Å². The van der Waals surface area contributed by atoms with E-state index in [1.54, 1.807) is 20.8 Å². The normalized spacial score (nSPS) is 12.8. The quantitative estimate of drug-likeness (QED) is 0.375. The summed E-state index contributed by atoms with van der Waals surface area (Å²) in [6, 6.07) is 1.85. The molecule has 7 heteroatoms. The van der Waals surface area contributed by atoms with Crippen LogP contribution in [0.25, 0.3) is 0 Å². The summed E-state index contributed by atoms with van der Waals surface area (Å²) in [5.41, 5.74) is -0.544. The summed E-state index contributed by atoms with van der Waals surface area (Å²) in [7, 11) is 0. The number of nitriles is 1. The molecule has 0 radical (unpaired) electrons. The van der Waals surface area contributed by atoms with Crippen LogP contribution in [0.15, 0.2) is 11.8 Å². The van der Waals surface area contributed by atoms with Gasteiger partial charge >= 0.3 is 6.09 Å². The third-order valence-electron chi connectivity index (χ3n) is 2.54. The fourth-order valence-electron chi connectivity index (χ4n) is 1.28. The molecule has 0 saturated carbocycles. The summed E-state index contributed by atoms with van der Waals surface area (Å²) in [5, 5.41) is 17.0. The van der Waals surface area contributed by atoms with Crippen LogP contribution in [-0.2, 0) is 9.53 Å². The molecule has 0 bridgehead atoms. The first-order valence-corrected chi connectivity index (χ1v) is 7.31. The van der Waals surface area contributed by atoms with Crippen LogP contribution in [0.1, 0.15) is 41.0 Å². The molecule has 1 atom stereocenters. The van der Waals surface area contributed by atoms with Crippen LogP contribution in [0.2, 0.25) is 0 Å². The molecule has 3 N–H and O–H groups in total. The third kappa shape index (κ3) is 9.64. The summed E-state index contributed by atoms with van der Waals surface area (Å²) < 4.78 is 5.07. The molecule has 0 rings (SSSR count). The van der Waals surface area contributed by atoms with E-state index in [-0.39, 0.29) is 11.6 Å². The van der Waals surface area contributed by atoms with Crippen molar-refractivity contribution in [3.05, 3.63) is 11.8 Å². The summed E-state index contributed by atoms with van der Waals surface area (Å²) in [6.07, 6.45) is 1.62. The molecule has 0 aromatic carbocycles. The summed E-state index contributed by atoms with van der Waals surface area (Å²) in [6.45, 7) is 9.85. The van der Waals surface area contributed by atoms with Gasteiger partial charge in [0.1, 0.15) is 17.2 Å². The van der Waals surface area contributed by atoms with Crippen molar-refractivity contribution in [2.24, 2.45) is 0 Å². The molecule has 0 aliphatic heterocycles. The van der Waals surface area contributed by atoms with E-state index in [2.05, 4.69) is 16.0 Å². The number of hydrogen-bond acceptors (Lipinski definition) is 5. The molecular weight excluding hydrogens is 284 g/mol. The number of rotatable bonds is 7. The van der Waals surface area contributed by atoms with Gasteiger partial charge in [-0.1, -0.05) is 6.92 Å². The Balaban J connectivity index is 4.12. The summed E-state index contributed by atoms with van der Waals surface area (Å²) >= 11 is 0. The van der Waals surface area contributed by atoms with Crippen molar-refractivity contribution < 1.29 is 14.3 Å². The number of nitrogens with one attached hydrogen (secondary N) is 3. The first kappa shape index (κ1) is 19.8. The molecule has 0 fully saturated rings. The molecule has 0 aliphatic rings. The predicted molar refractivity (Wildman–Crippen MR) is 83.8 cm³/mol. The molecule has 0 saturated heterocycles. The zero-order chi connectivity index (χ0) is 17.2. The minimum absolute atomic E-state index is 0.00225. The third-order valence-corrected chi connectivity index (χ3v) is 2.54. The van der Waals surface area contributed by atoms with Crippen LogP contribution in [0.3, 0.4) is 0 Å². The Morgan fingerprint density at radius 2 is 1.95 bits per heavy atom. The predicted octanol–water partition coefficient (Wildman–Crippen LogP) is 1.42. The Bertz CT molecular complexity index is 447. The van der Waals surface area contributed by atoms with Gasteiger partial charge in [0.2, 0.25) is 0 Å². The Morgan fingerprint density at radius 1 is 1.32 bits per heavy atom. The zero-order valence-corrected chi connectivity index (χ0v) is 13.9. The fraction of sp³-hybridized carbons (Fsp3) is 0.667. The van der Waals surface area contributed by atoms with Crippen molar-refractivity contribution in [2.45, 2.75) is 52.7 Å². The second kappa shape index (κ2) is 9.66. The maximum absolute atomic E-state index is 11.7. The smallest absolute Gasteiger partial charge is 0.407 e. The number of carbonyl (C=O) groups excluding carboxylic acids is 2. The van der Waals surface area contributed by atoms with Crippen molar-refractivity contribution in [2.75, 3.05) is 13.1 Å². The van der Waals surface area contributed by atoms with Crippen LogP contribution in [0.5, 0.6) is 0 Å². The first-order chi connectivity index (χ1) is 10.2. The average Bonchev–Trinajstić information content (AvgIpc) is 2.40. The van der Waals surface area contributed by atoms with Crippen LogP contribution in [-0.4, -0.2) is 36.7 Å². The van der Waals surface area contributed by atoms with Gasteiger partial charge in [0, 0.05) is 25.3 Å². The lowest BCUT2D eigenvalue weighted by molar-refractivity contribution is -0.117. The maximum Gasteiger partial charge on any atom is 0.407 e. The van der Waals surface area contributed by atoms with E-state index in [0.29, 0.717) is 13.1 Å². The molecule has 0 aliphatic carbocycles. The molecule has 124 valence electrons. The van der Waals surface area contributed by atoms with Gasteiger partial charge in [-0.2, -0.15) is 5.26 Å². The van der Waals surface area contributed by atoms with E-state index in [1.165, 1.54) is 6.20 Å². The van der Waals surface area contributed by atoms with Gasteiger partial charge in [-0.05, 0) is 34.1 Å². The van der Waals surface area contributed by atoms with Gasteiger partial charge in [-0.15, -0.1) is 0 Å². The lowest BCUT2D eigenvalue weighted by atomic mass is 10.2. The molecule has 0 heterocycles. The van der Waals surface area contributed by atoms with Gasteiger partial charge < -0.3 is 20.7 Å². The lowest BCUT2D eigenvalue weighted by Crippen LogP contribution is -2.36. The van der Waals surface area contributed by atoms with Crippen LogP contribution >= 0.6 is 0 Å². The zero-order valence-electron chi connectivity index (χ0n) is 13.9. The second-order valence-corrected chi connectivity index (χ2v) is 5.84. The highest BCUT2D eigenvalue weighted by molar-refractivity contribution is 5.97. The standard InChI is InChI=1S/C15H26N4O3/c1-6-11(2)19-13(20)12(9-16)10-17-7-8-18-14(21)22-15(3,4)5/h10-11,17H,6-8H2,1-5H3,(H,18,21)(H,19,20)/b12-10-. The van der Waals surface area contributed by atoms with E-state index < -0.39 is 17.6 Å². The maximum atomic E-state index is 11.7.